The number of non-ortho nitro benzene ring substituents is 1. The van der Waals surface area contributed by atoms with Crippen LogP contribution in [0.25, 0.3) is 0 Å². The largest absolute Gasteiger partial charge is 0.457 e. The lowest BCUT2D eigenvalue weighted by Crippen LogP contribution is -2.25. The maximum Gasteiger partial charge on any atom is 0.275 e. The summed E-state index contributed by atoms with van der Waals surface area (Å²) in [6, 6.07) is 8.15. The molecule has 33 heavy (non-hydrogen) atoms. The Morgan fingerprint density at radius 1 is 1.18 bits per heavy atom. The molecule has 0 aliphatic carbocycles. The van der Waals surface area contributed by atoms with Crippen molar-refractivity contribution >= 4 is 28.9 Å². The molecule has 1 N–H and O–H groups in total. The van der Waals surface area contributed by atoms with Crippen molar-refractivity contribution in [3.05, 3.63) is 73.5 Å². The molecule has 9 heteroatoms. The van der Waals surface area contributed by atoms with Crippen LogP contribution in [0.3, 0.4) is 0 Å². The van der Waals surface area contributed by atoms with Crippen LogP contribution < -0.4 is 10.1 Å². The van der Waals surface area contributed by atoms with E-state index in [1.54, 1.807) is 24.6 Å². The molecule has 3 rings (SSSR count). The molecule has 1 unspecified atom stereocenters. The van der Waals surface area contributed by atoms with Crippen LogP contribution in [0.1, 0.15) is 35.0 Å². The van der Waals surface area contributed by atoms with Gasteiger partial charge in [0.05, 0.1) is 45.6 Å². The van der Waals surface area contributed by atoms with Crippen LogP contribution in [0.4, 0.5) is 11.4 Å². The maximum atomic E-state index is 12.8. The number of halogens is 1. The summed E-state index contributed by atoms with van der Waals surface area (Å²) in [7, 11) is 0. The standard InChI is InChI=1S/C24H27ClN4O4/c1-13-7-14(2)16(4)22(8-13)33-21-10-19(9-20(11-21)29(31)32)26-24(30)15(3)12-28-18(6)23(25)17(5)27-28/h7-11,15H,12H2,1-6H3,(H,26,30). The number of carbonyl (C=O) groups excluding carboxylic acids is 1. The molecular weight excluding hydrogens is 444 g/mol. The number of hydrogen-bond donors (Lipinski definition) is 1. The van der Waals surface area contributed by atoms with Gasteiger partial charge in [0.25, 0.3) is 5.69 Å². The van der Waals surface area contributed by atoms with E-state index in [4.69, 9.17) is 16.3 Å². The van der Waals surface area contributed by atoms with Crippen LogP contribution in [-0.4, -0.2) is 20.6 Å². The molecule has 0 bridgehead atoms. The summed E-state index contributed by atoms with van der Waals surface area (Å²) in [6.45, 7) is 11.6. The van der Waals surface area contributed by atoms with Crippen molar-refractivity contribution in [1.82, 2.24) is 9.78 Å². The average Bonchev–Trinajstić information content (AvgIpc) is 2.97. The van der Waals surface area contributed by atoms with Gasteiger partial charge in [-0.05, 0) is 57.4 Å². The number of hydrogen-bond acceptors (Lipinski definition) is 5. The van der Waals surface area contributed by atoms with Crippen LogP contribution in [0.15, 0.2) is 30.3 Å². The van der Waals surface area contributed by atoms with E-state index < -0.39 is 10.8 Å². The first-order valence-electron chi connectivity index (χ1n) is 10.5. The lowest BCUT2D eigenvalue weighted by molar-refractivity contribution is -0.384. The Morgan fingerprint density at radius 2 is 1.88 bits per heavy atom. The fourth-order valence-electron chi connectivity index (χ4n) is 3.51. The van der Waals surface area contributed by atoms with Gasteiger partial charge in [-0.3, -0.25) is 19.6 Å². The predicted octanol–water partition coefficient (Wildman–Crippen LogP) is 6.05. The lowest BCUT2D eigenvalue weighted by atomic mass is 10.1. The zero-order valence-corrected chi connectivity index (χ0v) is 20.3. The number of amides is 1. The molecule has 1 amide bonds. The number of aryl methyl sites for hydroxylation is 3. The van der Waals surface area contributed by atoms with E-state index in [0.717, 1.165) is 22.4 Å². The molecule has 8 nitrogen and oxygen atoms in total. The highest BCUT2D eigenvalue weighted by Gasteiger charge is 2.20. The molecule has 0 spiro atoms. The Morgan fingerprint density at radius 3 is 2.48 bits per heavy atom. The molecule has 1 aromatic heterocycles. The quantitative estimate of drug-likeness (QED) is 0.334. The number of aromatic nitrogens is 2. The molecule has 174 valence electrons. The normalized spacial score (nSPS) is 11.8. The second-order valence-corrected chi connectivity index (χ2v) is 8.71. The summed E-state index contributed by atoms with van der Waals surface area (Å²) in [4.78, 5) is 23.8. The van der Waals surface area contributed by atoms with Crippen LogP contribution in [0, 0.1) is 50.7 Å². The van der Waals surface area contributed by atoms with Gasteiger partial charge in [-0.1, -0.05) is 24.6 Å². The van der Waals surface area contributed by atoms with Gasteiger partial charge in [0.1, 0.15) is 11.5 Å². The lowest BCUT2D eigenvalue weighted by Gasteiger charge is -2.15. The fraction of sp³-hybridized carbons (Fsp3) is 0.333. The van der Waals surface area contributed by atoms with Crippen LogP contribution >= 0.6 is 11.6 Å². The van der Waals surface area contributed by atoms with Gasteiger partial charge >= 0.3 is 0 Å². The number of carbonyl (C=O) groups is 1. The molecule has 1 heterocycles. The van der Waals surface area contributed by atoms with Gasteiger partial charge in [-0.2, -0.15) is 5.10 Å². The fourth-order valence-corrected chi connectivity index (χ4v) is 3.65. The highest BCUT2D eigenvalue weighted by Crippen LogP contribution is 2.33. The van der Waals surface area contributed by atoms with E-state index in [9.17, 15) is 14.9 Å². The number of nitro benzene ring substituents is 1. The van der Waals surface area contributed by atoms with Crippen LogP contribution in [-0.2, 0) is 11.3 Å². The number of benzene rings is 2. The van der Waals surface area contributed by atoms with E-state index in [0.29, 0.717) is 23.0 Å². The Balaban J connectivity index is 1.84. The second kappa shape index (κ2) is 9.62. The first-order chi connectivity index (χ1) is 15.5. The van der Waals surface area contributed by atoms with E-state index in [1.165, 1.54) is 12.1 Å². The third-order valence-corrected chi connectivity index (χ3v) is 6.10. The SMILES string of the molecule is Cc1cc(C)c(C)c(Oc2cc(NC(=O)C(C)Cn3nc(C)c(Cl)c3C)cc([N+](=O)[O-])c2)c1. The van der Waals surface area contributed by atoms with Crippen LogP contribution in [0.5, 0.6) is 11.5 Å². The van der Waals surface area contributed by atoms with Gasteiger partial charge < -0.3 is 10.1 Å². The molecular formula is C24H27ClN4O4. The summed E-state index contributed by atoms with van der Waals surface area (Å²) in [6.07, 6.45) is 0. The molecule has 0 saturated heterocycles. The summed E-state index contributed by atoms with van der Waals surface area (Å²) in [5.74, 6) is 0.127. The highest BCUT2D eigenvalue weighted by atomic mass is 35.5. The topological polar surface area (TPSA) is 99.3 Å². The molecule has 0 radical (unpaired) electrons. The number of nitro groups is 1. The molecule has 0 fully saturated rings. The minimum atomic E-state index is -0.516. The first kappa shape index (κ1) is 24.3. The number of nitrogens with zero attached hydrogens (tertiary/aromatic N) is 3. The van der Waals surface area contributed by atoms with E-state index in [-0.39, 0.29) is 23.0 Å². The van der Waals surface area contributed by atoms with Gasteiger partial charge in [0, 0.05) is 12.1 Å². The molecule has 3 aromatic rings. The van der Waals surface area contributed by atoms with Crippen molar-refractivity contribution in [3.8, 4) is 11.5 Å². The van der Waals surface area contributed by atoms with Crippen molar-refractivity contribution in [2.24, 2.45) is 5.92 Å². The predicted molar refractivity (Wildman–Crippen MR) is 128 cm³/mol. The summed E-state index contributed by atoms with van der Waals surface area (Å²) >= 11 is 6.19. The third-order valence-electron chi connectivity index (χ3n) is 5.55. The molecule has 0 saturated carbocycles. The van der Waals surface area contributed by atoms with Gasteiger partial charge in [-0.15, -0.1) is 0 Å². The smallest absolute Gasteiger partial charge is 0.275 e. The van der Waals surface area contributed by atoms with E-state index >= 15 is 0 Å². The van der Waals surface area contributed by atoms with Crippen molar-refractivity contribution in [3.63, 3.8) is 0 Å². The van der Waals surface area contributed by atoms with Crippen molar-refractivity contribution in [2.45, 2.75) is 48.1 Å². The summed E-state index contributed by atoms with van der Waals surface area (Å²) in [5.41, 5.74) is 4.60. The Bertz CT molecular complexity index is 1240. The second-order valence-electron chi connectivity index (χ2n) is 8.34. The number of rotatable bonds is 7. The highest BCUT2D eigenvalue weighted by molar-refractivity contribution is 6.31. The van der Waals surface area contributed by atoms with Crippen LogP contribution in [0.2, 0.25) is 5.02 Å². The minimum Gasteiger partial charge on any atom is -0.457 e. The molecule has 0 aliphatic heterocycles. The Hall–Kier alpha value is -3.39. The maximum absolute atomic E-state index is 12.8. The summed E-state index contributed by atoms with van der Waals surface area (Å²) in [5, 5.41) is 19.2. The third kappa shape index (κ3) is 5.51. The zero-order chi connectivity index (χ0) is 24.4. The number of ether oxygens (including phenoxy) is 1. The van der Waals surface area contributed by atoms with E-state index in [2.05, 4.69) is 10.4 Å². The molecule has 0 aliphatic rings. The summed E-state index contributed by atoms with van der Waals surface area (Å²) < 4.78 is 7.67. The van der Waals surface area contributed by atoms with Gasteiger partial charge in [0.15, 0.2) is 0 Å². The van der Waals surface area contributed by atoms with Crippen molar-refractivity contribution < 1.29 is 14.5 Å². The number of anilines is 1. The van der Waals surface area contributed by atoms with Gasteiger partial charge in [-0.25, -0.2) is 0 Å². The van der Waals surface area contributed by atoms with Gasteiger partial charge in [0.2, 0.25) is 5.91 Å². The van der Waals surface area contributed by atoms with Crippen molar-refractivity contribution in [1.29, 1.82) is 0 Å². The number of nitrogens with one attached hydrogen (secondary N) is 1. The Labute approximate surface area is 197 Å². The Kier molecular flexibility index (Phi) is 7.07. The zero-order valence-electron chi connectivity index (χ0n) is 19.5. The molecule has 1 atom stereocenters. The minimum absolute atomic E-state index is 0.178. The monoisotopic (exact) mass is 470 g/mol. The average molecular weight is 471 g/mol. The van der Waals surface area contributed by atoms with E-state index in [1.807, 2.05) is 39.8 Å². The van der Waals surface area contributed by atoms with Crippen molar-refractivity contribution in [2.75, 3.05) is 5.32 Å². The molecule has 2 aromatic carbocycles. The first-order valence-corrected chi connectivity index (χ1v) is 10.9.